The molecule has 0 N–H and O–H groups in total. The molecule has 0 aromatic carbocycles. The number of methoxy groups -OCH3 is 1. The lowest BCUT2D eigenvalue weighted by Gasteiger charge is -1.93. The van der Waals surface area contributed by atoms with E-state index in [0.29, 0.717) is 18.6 Å². The van der Waals surface area contributed by atoms with Gasteiger partial charge in [0.25, 0.3) is 0 Å². The van der Waals surface area contributed by atoms with Crippen LogP contribution in [0.25, 0.3) is 0 Å². The van der Waals surface area contributed by atoms with Gasteiger partial charge in [-0.3, -0.25) is 4.79 Å². The summed E-state index contributed by atoms with van der Waals surface area (Å²) in [7, 11) is 1.65. The van der Waals surface area contributed by atoms with E-state index >= 15 is 0 Å². The number of carbonyl (C=O) groups is 1. The summed E-state index contributed by atoms with van der Waals surface area (Å²) < 4.78 is 9.73. The first-order chi connectivity index (χ1) is 5.86. The predicted molar refractivity (Wildman–Crippen MR) is 42.1 cm³/mol. The van der Waals surface area contributed by atoms with Crippen LogP contribution in [0.1, 0.15) is 22.7 Å². The highest BCUT2D eigenvalue weighted by Crippen LogP contribution is 2.04. The molecule has 0 aliphatic heterocycles. The van der Waals surface area contributed by atoms with E-state index in [9.17, 15) is 4.79 Å². The van der Waals surface area contributed by atoms with Crippen molar-refractivity contribution in [2.75, 3.05) is 13.7 Å². The normalized spacial score (nSPS) is 10.1. The maximum Gasteiger partial charge on any atom is 0.171 e. The van der Waals surface area contributed by atoms with Crippen LogP contribution < -0.4 is 0 Å². The molecule has 4 nitrogen and oxygen atoms in total. The predicted octanol–water partition coefficient (Wildman–Crippen LogP) is 1.07. The molecule has 1 heterocycles. The van der Waals surface area contributed by atoms with Gasteiger partial charge in [0.05, 0.1) is 0 Å². The van der Waals surface area contributed by atoms with Crippen LogP contribution in [0.5, 0.6) is 0 Å². The minimum Gasteiger partial charge on any atom is -0.385 e. The molecule has 0 aliphatic rings. The molecule has 0 bridgehead atoms. The Labute approximate surface area is 70.5 Å². The van der Waals surface area contributed by atoms with Crippen LogP contribution in [0, 0.1) is 0 Å². The molecule has 1 aromatic heterocycles. The van der Waals surface area contributed by atoms with Crippen LogP contribution in [-0.4, -0.2) is 25.2 Å². The van der Waals surface area contributed by atoms with Gasteiger partial charge >= 0.3 is 0 Å². The largest absolute Gasteiger partial charge is 0.385 e. The number of hydrogen-bond acceptors (Lipinski definition) is 4. The van der Waals surface area contributed by atoms with Gasteiger partial charge in [0.2, 0.25) is 0 Å². The molecular weight excluding hydrogens is 158 g/mol. The highest BCUT2D eigenvalue weighted by Gasteiger charge is 2.01. The highest BCUT2D eigenvalue weighted by atomic mass is 16.5. The fraction of sp³-hybridized carbons (Fsp3) is 0.500. The number of carbonyl (C=O) groups excluding carboxylic acids is 1. The first-order valence-corrected chi connectivity index (χ1v) is 3.76. The zero-order valence-electron chi connectivity index (χ0n) is 6.95. The van der Waals surface area contributed by atoms with Crippen molar-refractivity contribution in [3.8, 4) is 0 Å². The smallest absolute Gasteiger partial charge is 0.171 e. The molecule has 0 saturated heterocycles. The summed E-state index contributed by atoms with van der Waals surface area (Å²) in [6.07, 6.45) is 2.31. The molecule has 0 atom stereocenters. The van der Waals surface area contributed by atoms with Crippen molar-refractivity contribution in [1.82, 2.24) is 5.16 Å². The SMILES string of the molecule is COCCCc1cc(C=O)no1. The van der Waals surface area contributed by atoms with E-state index in [1.165, 1.54) is 0 Å². The van der Waals surface area contributed by atoms with Crippen molar-refractivity contribution in [2.24, 2.45) is 0 Å². The number of hydrogen-bond donors (Lipinski definition) is 0. The monoisotopic (exact) mass is 169 g/mol. The lowest BCUT2D eigenvalue weighted by Crippen LogP contribution is -1.90. The van der Waals surface area contributed by atoms with E-state index in [0.717, 1.165) is 18.6 Å². The second-order valence-electron chi connectivity index (χ2n) is 2.43. The van der Waals surface area contributed by atoms with Crippen LogP contribution in [0.3, 0.4) is 0 Å². The van der Waals surface area contributed by atoms with Gasteiger partial charge in [-0.2, -0.15) is 0 Å². The summed E-state index contributed by atoms with van der Waals surface area (Å²) >= 11 is 0. The summed E-state index contributed by atoms with van der Waals surface area (Å²) in [6, 6.07) is 1.64. The topological polar surface area (TPSA) is 52.3 Å². The summed E-state index contributed by atoms with van der Waals surface area (Å²) in [5, 5.41) is 3.53. The number of aryl methyl sites for hydroxylation is 1. The molecule has 0 saturated carbocycles. The van der Waals surface area contributed by atoms with Crippen molar-refractivity contribution in [3.63, 3.8) is 0 Å². The Bertz CT molecular complexity index is 244. The van der Waals surface area contributed by atoms with Gasteiger partial charge in [-0.15, -0.1) is 0 Å². The molecule has 1 rings (SSSR count). The third kappa shape index (κ3) is 2.47. The molecule has 0 fully saturated rings. The average Bonchev–Trinajstić information content (AvgIpc) is 2.53. The van der Waals surface area contributed by atoms with Gasteiger partial charge in [-0.05, 0) is 6.42 Å². The van der Waals surface area contributed by atoms with E-state index in [1.807, 2.05) is 0 Å². The lowest BCUT2D eigenvalue weighted by atomic mass is 10.2. The zero-order chi connectivity index (χ0) is 8.81. The van der Waals surface area contributed by atoms with E-state index in [-0.39, 0.29) is 0 Å². The molecule has 66 valence electrons. The summed E-state index contributed by atoms with van der Waals surface area (Å²) in [4.78, 5) is 10.2. The standard InChI is InChI=1S/C8H11NO3/c1-11-4-2-3-8-5-7(6-10)9-12-8/h5-6H,2-4H2,1H3. The molecule has 0 aliphatic carbocycles. The number of nitrogens with zero attached hydrogens (tertiary/aromatic N) is 1. The van der Waals surface area contributed by atoms with Gasteiger partial charge < -0.3 is 9.26 Å². The Morgan fingerprint density at radius 2 is 2.58 bits per heavy atom. The van der Waals surface area contributed by atoms with Crippen molar-refractivity contribution < 1.29 is 14.1 Å². The molecule has 4 heteroatoms. The molecular formula is C8H11NO3. The second-order valence-corrected chi connectivity index (χ2v) is 2.43. The van der Waals surface area contributed by atoms with Crippen LogP contribution in [0.15, 0.2) is 10.6 Å². The maximum atomic E-state index is 10.2. The van der Waals surface area contributed by atoms with Crippen LogP contribution in [0.4, 0.5) is 0 Å². The summed E-state index contributed by atoms with van der Waals surface area (Å²) in [6.45, 7) is 0.692. The number of aldehydes is 1. The van der Waals surface area contributed by atoms with E-state index in [1.54, 1.807) is 13.2 Å². The van der Waals surface area contributed by atoms with Crippen molar-refractivity contribution >= 4 is 6.29 Å². The zero-order valence-corrected chi connectivity index (χ0v) is 6.95. The van der Waals surface area contributed by atoms with E-state index < -0.39 is 0 Å². The van der Waals surface area contributed by atoms with E-state index in [4.69, 9.17) is 9.26 Å². The quantitative estimate of drug-likeness (QED) is 0.488. The third-order valence-electron chi connectivity index (χ3n) is 1.47. The van der Waals surface area contributed by atoms with Crippen molar-refractivity contribution in [2.45, 2.75) is 12.8 Å². The molecule has 0 radical (unpaired) electrons. The van der Waals surface area contributed by atoms with Gasteiger partial charge in [-0.25, -0.2) is 0 Å². The van der Waals surface area contributed by atoms with Crippen LogP contribution in [0.2, 0.25) is 0 Å². The van der Waals surface area contributed by atoms with Gasteiger partial charge in [-0.1, -0.05) is 5.16 Å². The molecule has 0 amide bonds. The van der Waals surface area contributed by atoms with Gasteiger partial charge in [0.1, 0.15) is 11.5 Å². The Morgan fingerprint density at radius 3 is 3.17 bits per heavy atom. The Morgan fingerprint density at radius 1 is 1.75 bits per heavy atom. The summed E-state index contributed by atoms with van der Waals surface area (Å²) in [5.41, 5.74) is 0.349. The molecule has 0 spiro atoms. The molecule has 0 unspecified atom stereocenters. The fourth-order valence-electron chi connectivity index (χ4n) is 0.893. The first kappa shape index (κ1) is 8.93. The molecule has 12 heavy (non-hydrogen) atoms. The Kier molecular flexibility index (Phi) is 3.47. The van der Waals surface area contributed by atoms with E-state index in [2.05, 4.69) is 5.16 Å². The van der Waals surface area contributed by atoms with Gasteiger partial charge in [0, 0.05) is 26.2 Å². The van der Waals surface area contributed by atoms with Crippen LogP contribution in [-0.2, 0) is 11.2 Å². The number of rotatable bonds is 5. The third-order valence-corrected chi connectivity index (χ3v) is 1.47. The maximum absolute atomic E-state index is 10.2. The second kappa shape index (κ2) is 4.66. The highest BCUT2D eigenvalue weighted by molar-refractivity contribution is 5.71. The minimum absolute atomic E-state index is 0.349. The Balaban J connectivity index is 2.36. The molecule has 1 aromatic rings. The summed E-state index contributed by atoms with van der Waals surface area (Å²) in [5.74, 6) is 0.731. The lowest BCUT2D eigenvalue weighted by molar-refractivity contribution is 0.111. The average molecular weight is 169 g/mol. The van der Waals surface area contributed by atoms with Crippen LogP contribution >= 0.6 is 0 Å². The first-order valence-electron chi connectivity index (χ1n) is 3.76. The minimum atomic E-state index is 0.349. The fourth-order valence-corrected chi connectivity index (χ4v) is 0.893. The number of ether oxygens (including phenoxy) is 1. The number of aromatic nitrogens is 1. The Hall–Kier alpha value is -1.16. The van der Waals surface area contributed by atoms with Crippen molar-refractivity contribution in [1.29, 1.82) is 0 Å². The van der Waals surface area contributed by atoms with Crippen molar-refractivity contribution in [3.05, 3.63) is 17.5 Å². The van der Waals surface area contributed by atoms with Gasteiger partial charge in [0.15, 0.2) is 6.29 Å².